The van der Waals surface area contributed by atoms with Gasteiger partial charge in [-0.05, 0) is 61.2 Å². The van der Waals surface area contributed by atoms with E-state index in [2.05, 4.69) is 15.2 Å². The summed E-state index contributed by atoms with van der Waals surface area (Å²) in [7, 11) is 0. The van der Waals surface area contributed by atoms with Gasteiger partial charge in [0.2, 0.25) is 5.91 Å². The minimum Gasteiger partial charge on any atom is -0.357 e. The number of anilines is 2. The van der Waals surface area contributed by atoms with Gasteiger partial charge in [0.15, 0.2) is 0 Å². The molecule has 1 N–H and O–H groups in total. The summed E-state index contributed by atoms with van der Waals surface area (Å²) in [6, 6.07) is 11.2. The van der Waals surface area contributed by atoms with Gasteiger partial charge < -0.3 is 15.1 Å². The van der Waals surface area contributed by atoms with Gasteiger partial charge in [-0.25, -0.2) is 4.98 Å². The predicted molar refractivity (Wildman–Crippen MR) is 105 cm³/mol. The van der Waals surface area contributed by atoms with Crippen molar-refractivity contribution in [3.05, 3.63) is 53.7 Å². The van der Waals surface area contributed by atoms with Crippen LogP contribution < -0.4 is 15.1 Å². The van der Waals surface area contributed by atoms with Crippen LogP contribution in [-0.2, 0) is 11.3 Å². The van der Waals surface area contributed by atoms with E-state index >= 15 is 0 Å². The molecule has 2 saturated heterocycles. The molecule has 0 radical (unpaired) electrons. The summed E-state index contributed by atoms with van der Waals surface area (Å²) in [5.41, 5.74) is 2.50. The van der Waals surface area contributed by atoms with Gasteiger partial charge >= 0.3 is 0 Å². The lowest BCUT2D eigenvalue weighted by atomic mass is 10.1. The molecule has 27 heavy (non-hydrogen) atoms. The van der Waals surface area contributed by atoms with Crippen LogP contribution in [0.25, 0.3) is 0 Å². The number of hydrogen-bond acceptors (Lipinski definition) is 4. The summed E-state index contributed by atoms with van der Waals surface area (Å²) in [5, 5.41) is 2.97. The molecule has 0 saturated carbocycles. The van der Waals surface area contributed by atoms with Gasteiger partial charge in [0, 0.05) is 50.0 Å². The van der Waals surface area contributed by atoms with Crippen molar-refractivity contribution in [2.24, 2.45) is 0 Å². The Morgan fingerprint density at radius 2 is 1.81 bits per heavy atom. The van der Waals surface area contributed by atoms with Crippen molar-refractivity contribution in [2.45, 2.75) is 32.2 Å². The van der Waals surface area contributed by atoms with Crippen molar-refractivity contribution < 1.29 is 9.59 Å². The zero-order valence-electron chi connectivity index (χ0n) is 15.4. The fourth-order valence-electron chi connectivity index (χ4n) is 3.69. The fraction of sp³-hybridized carbons (Fsp3) is 0.381. The van der Waals surface area contributed by atoms with Gasteiger partial charge in [0.05, 0.1) is 0 Å². The van der Waals surface area contributed by atoms with Crippen LogP contribution in [0.5, 0.6) is 0 Å². The van der Waals surface area contributed by atoms with Crippen molar-refractivity contribution in [3.8, 4) is 0 Å². The molecule has 0 aliphatic carbocycles. The highest BCUT2D eigenvalue weighted by Gasteiger charge is 2.21. The van der Waals surface area contributed by atoms with E-state index in [1.807, 2.05) is 24.3 Å². The molecule has 2 aliphatic rings. The number of carbonyl (C=O) groups is 2. The molecular formula is C21H24N4O2. The molecular weight excluding hydrogens is 340 g/mol. The largest absolute Gasteiger partial charge is 0.357 e. The quantitative estimate of drug-likeness (QED) is 0.886. The standard InChI is InChI=1S/C21H24N4O2/c26-20-4-3-13-25(20)18-7-5-17(6-8-18)21(27)23-15-16-9-10-22-19(14-16)24-11-1-2-12-24/h5-10,14H,1-4,11-13,15H2,(H,23,27). The smallest absolute Gasteiger partial charge is 0.251 e. The third-order valence-electron chi connectivity index (χ3n) is 5.21. The van der Waals surface area contributed by atoms with Gasteiger partial charge in [-0.1, -0.05) is 0 Å². The monoisotopic (exact) mass is 364 g/mol. The van der Waals surface area contributed by atoms with E-state index in [4.69, 9.17) is 0 Å². The molecule has 0 spiro atoms. The first-order chi connectivity index (χ1) is 13.2. The second kappa shape index (κ2) is 7.78. The Labute approximate surface area is 159 Å². The molecule has 2 amide bonds. The summed E-state index contributed by atoms with van der Waals surface area (Å²) in [5.74, 6) is 1.02. The SMILES string of the molecule is O=C(NCc1ccnc(N2CCCC2)c1)c1ccc(N2CCCC2=O)cc1. The molecule has 3 heterocycles. The number of hydrogen-bond donors (Lipinski definition) is 1. The first-order valence-corrected chi connectivity index (χ1v) is 9.59. The van der Waals surface area contributed by atoms with Crippen molar-refractivity contribution in [1.82, 2.24) is 10.3 Å². The Bertz CT molecular complexity index is 828. The third kappa shape index (κ3) is 3.94. The van der Waals surface area contributed by atoms with Crippen LogP contribution in [0.1, 0.15) is 41.6 Å². The van der Waals surface area contributed by atoms with E-state index in [-0.39, 0.29) is 11.8 Å². The average Bonchev–Trinajstić information content (AvgIpc) is 3.38. The summed E-state index contributed by atoms with van der Waals surface area (Å²) < 4.78 is 0. The zero-order valence-corrected chi connectivity index (χ0v) is 15.4. The highest BCUT2D eigenvalue weighted by atomic mass is 16.2. The summed E-state index contributed by atoms with van der Waals surface area (Å²) >= 11 is 0. The van der Waals surface area contributed by atoms with E-state index in [9.17, 15) is 9.59 Å². The number of rotatable bonds is 5. The van der Waals surface area contributed by atoms with E-state index < -0.39 is 0 Å². The Balaban J connectivity index is 1.36. The maximum absolute atomic E-state index is 12.4. The normalized spacial score (nSPS) is 16.8. The second-order valence-electron chi connectivity index (χ2n) is 7.09. The van der Waals surface area contributed by atoms with Gasteiger partial charge in [-0.3, -0.25) is 9.59 Å². The van der Waals surface area contributed by atoms with E-state index in [0.29, 0.717) is 18.5 Å². The molecule has 2 aliphatic heterocycles. The summed E-state index contributed by atoms with van der Waals surface area (Å²) in [4.78, 5) is 32.8. The number of benzene rings is 1. The lowest BCUT2D eigenvalue weighted by Crippen LogP contribution is -2.25. The molecule has 0 unspecified atom stereocenters. The number of carbonyl (C=O) groups excluding carboxylic acids is 2. The van der Waals surface area contributed by atoms with Gasteiger partial charge in [0.1, 0.15) is 5.82 Å². The van der Waals surface area contributed by atoms with E-state index in [0.717, 1.165) is 43.1 Å². The number of aromatic nitrogens is 1. The fourth-order valence-corrected chi connectivity index (χ4v) is 3.69. The van der Waals surface area contributed by atoms with Crippen LogP contribution >= 0.6 is 0 Å². The lowest BCUT2D eigenvalue weighted by Gasteiger charge is -2.17. The van der Waals surface area contributed by atoms with Crippen LogP contribution in [0, 0.1) is 0 Å². The number of nitrogens with zero attached hydrogens (tertiary/aromatic N) is 3. The first kappa shape index (κ1) is 17.5. The number of amides is 2. The summed E-state index contributed by atoms with van der Waals surface area (Å²) in [6.07, 6.45) is 5.72. The Hall–Kier alpha value is -2.89. The highest BCUT2D eigenvalue weighted by Crippen LogP contribution is 2.22. The molecule has 1 aromatic heterocycles. The second-order valence-corrected chi connectivity index (χ2v) is 7.09. The molecule has 6 nitrogen and oxygen atoms in total. The van der Waals surface area contributed by atoms with Crippen LogP contribution in [0.15, 0.2) is 42.6 Å². The Kier molecular flexibility index (Phi) is 5.05. The predicted octanol–water partition coefficient (Wildman–Crippen LogP) is 2.74. The maximum atomic E-state index is 12.4. The molecule has 4 rings (SSSR count). The highest BCUT2D eigenvalue weighted by molar-refractivity contribution is 5.97. The van der Waals surface area contributed by atoms with Gasteiger partial charge in [0.25, 0.3) is 5.91 Å². The maximum Gasteiger partial charge on any atom is 0.251 e. The molecule has 2 fully saturated rings. The van der Waals surface area contributed by atoms with Crippen molar-refractivity contribution in [2.75, 3.05) is 29.4 Å². The average molecular weight is 364 g/mol. The first-order valence-electron chi connectivity index (χ1n) is 9.59. The molecule has 1 aromatic carbocycles. The van der Waals surface area contributed by atoms with Crippen LogP contribution in [-0.4, -0.2) is 36.4 Å². The number of nitrogens with one attached hydrogen (secondary N) is 1. The summed E-state index contributed by atoms with van der Waals surface area (Å²) in [6.45, 7) is 3.32. The van der Waals surface area contributed by atoms with Crippen LogP contribution in [0.3, 0.4) is 0 Å². The topological polar surface area (TPSA) is 65.5 Å². The molecule has 6 heteroatoms. The molecule has 0 atom stereocenters. The minimum atomic E-state index is -0.117. The molecule has 140 valence electrons. The van der Waals surface area contributed by atoms with Gasteiger partial charge in [-0.2, -0.15) is 0 Å². The van der Waals surface area contributed by atoms with E-state index in [1.54, 1.807) is 23.2 Å². The lowest BCUT2D eigenvalue weighted by molar-refractivity contribution is -0.117. The zero-order chi connectivity index (χ0) is 18.6. The molecule has 2 aromatic rings. The van der Waals surface area contributed by atoms with Crippen molar-refractivity contribution >= 4 is 23.3 Å². The Morgan fingerprint density at radius 1 is 1.04 bits per heavy atom. The van der Waals surface area contributed by atoms with Crippen molar-refractivity contribution in [1.29, 1.82) is 0 Å². The van der Waals surface area contributed by atoms with E-state index in [1.165, 1.54) is 12.8 Å². The van der Waals surface area contributed by atoms with Crippen molar-refractivity contribution in [3.63, 3.8) is 0 Å². The van der Waals surface area contributed by atoms with Gasteiger partial charge in [-0.15, -0.1) is 0 Å². The minimum absolute atomic E-state index is 0.117. The third-order valence-corrected chi connectivity index (χ3v) is 5.21. The number of pyridine rings is 1. The van der Waals surface area contributed by atoms with Crippen LogP contribution in [0.4, 0.5) is 11.5 Å². The Morgan fingerprint density at radius 3 is 2.52 bits per heavy atom. The van der Waals surface area contributed by atoms with Crippen LogP contribution in [0.2, 0.25) is 0 Å². The molecule has 0 bridgehead atoms.